The number of fused-ring (bicyclic) bond motifs is 1. The van der Waals surface area contributed by atoms with Crippen molar-refractivity contribution < 1.29 is 10.2 Å². The summed E-state index contributed by atoms with van der Waals surface area (Å²) in [6.07, 6.45) is 1.49. The highest BCUT2D eigenvalue weighted by atomic mass is 32.1. The van der Waals surface area contributed by atoms with Gasteiger partial charge >= 0.3 is 0 Å². The first kappa shape index (κ1) is 12.2. The maximum absolute atomic E-state index is 9.07. The van der Waals surface area contributed by atoms with Crippen LogP contribution in [0.25, 0.3) is 10.2 Å². The van der Waals surface area contributed by atoms with E-state index in [1.807, 2.05) is 13.8 Å². The van der Waals surface area contributed by atoms with Crippen molar-refractivity contribution in [1.29, 1.82) is 0 Å². The Morgan fingerprint density at radius 1 is 1.29 bits per heavy atom. The molecule has 0 unspecified atom stereocenters. The summed E-state index contributed by atoms with van der Waals surface area (Å²) < 4.78 is 0. The molecule has 0 aliphatic carbocycles. The zero-order valence-electron chi connectivity index (χ0n) is 9.77. The third-order valence-electron chi connectivity index (χ3n) is 2.75. The average Bonchev–Trinajstić information content (AvgIpc) is 2.63. The molecule has 0 amide bonds. The standard InChI is InChI=1S/C11H15N3O2S/c1-6-7(2)17-11-9(6)10(12-5-13-11)14-8(3-15)4-16/h5,8,15-16H,3-4H2,1-2H3,(H,12,13,14). The van der Waals surface area contributed by atoms with Crippen molar-refractivity contribution in [3.05, 3.63) is 16.8 Å². The van der Waals surface area contributed by atoms with Crippen LogP contribution < -0.4 is 5.32 Å². The van der Waals surface area contributed by atoms with Gasteiger partial charge in [0.1, 0.15) is 17.0 Å². The third kappa shape index (κ3) is 2.24. The van der Waals surface area contributed by atoms with Crippen LogP contribution in [0, 0.1) is 13.8 Å². The van der Waals surface area contributed by atoms with E-state index in [0.29, 0.717) is 5.82 Å². The van der Waals surface area contributed by atoms with Crippen LogP contribution in [0.3, 0.4) is 0 Å². The summed E-state index contributed by atoms with van der Waals surface area (Å²) in [6, 6.07) is -0.396. The lowest BCUT2D eigenvalue weighted by Crippen LogP contribution is -2.28. The maximum atomic E-state index is 9.07. The first-order valence-electron chi connectivity index (χ1n) is 5.36. The van der Waals surface area contributed by atoms with Crippen LogP contribution in [0.1, 0.15) is 10.4 Å². The average molecular weight is 253 g/mol. The molecular formula is C11H15N3O2S. The molecular weight excluding hydrogens is 238 g/mol. The zero-order chi connectivity index (χ0) is 12.4. The molecule has 3 N–H and O–H groups in total. The summed E-state index contributed by atoms with van der Waals surface area (Å²) in [4.78, 5) is 10.5. The minimum Gasteiger partial charge on any atom is -0.394 e. The number of aryl methyl sites for hydroxylation is 2. The minimum atomic E-state index is -0.396. The van der Waals surface area contributed by atoms with Crippen LogP contribution in [0.2, 0.25) is 0 Å². The molecule has 6 heteroatoms. The van der Waals surface area contributed by atoms with Crippen LogP contribution in [-0.2, 0) is 0 Å². The van der Waals surface area contributed by atoms with E-state index in [2.05, 4.69) is 15.3 Å². The molecule has 0 aromatic carbocycles. The van der Waals surface area contributed by atoms with E-state index in [-0.39, 0.29) is 13.2 Å². The molecule has 0 bridgehead atoms. The normalized spacial score (nSPS) is 11.4. The predicted octanol–water partition coefficient (Wildman–Crippen LogP) is 1.07. The molecule has 0 aliphatic rings. The van der Waals surface area contributed by atoms with Gasteiger partial charge in [-0.25, -0.2) is 9.97 Å². The summed E-state index contributed by atoms with van der Waals surface area (Å²) in [7, 11) is 0. The van der Waals surface area contributed by atoms with E-state index < -0.39 is 6.04 Å². The molecule has 0 saturated heterocycles. The Labute approximate surface area is 103 Å². The highest BCUT2D eigenvalue weighted by molar-refractivity contribution is 7.18. The van der Waals surface area contributed by atoms with Crippen molar-refractivity contribution in [2.75, 3.05) is 18.5 Å². The van der Waals surface area contributed by atoms with Crippen LogP contribution in [-0.4, -0.2) is 39.4 Å². The first-order chi connectivity index (χ1) is 8.17. The van der Waals surface area contributed by atoms with Gasteiger partial charge in [-0.2, -0.15) is 0 Å². The Morgan fingerprint density at radius 2 is 2.00 bits per heavy atom. The number of hydrogen-bond acceptors (Lipinski definition) is 6. The van der Waals surface area contributed by atoms with Crippen molar-refractivity contribution in [1.82, 2.24) is 9.97 Å². The Bertz CT molecular complexity index is 523. The quantitative estimate of drug-likeness (QED) is 0.759. The summed E-state index contributed by atoms with van der Waals surface area (Å²) in [5, 5.41) is 22.1. The molecule has 0 spiro atoms. The number of anilines is 1. The molecule has 5 nitrogen and oxygen atoms in total. The van der Waals surface area contributed by atoms with E-state index >= 15 is 0 Å². The van der Waals surface area contributed by atoms with Gasteiger partial charge in [-0.1, -0.05) is 0 Å². The van der Waals surface area contributed by atoms with Gasteiger partial charge in [0.25, 0.3) is 0 Å². The second-order valence-corrected chi connectivity index (χ2v) is 5.10. The van der Waals surface area contributed by atoms with Gasteiger partial charge in [-0.3, -0.25) is 0 Å². The van der Waals surface area contributed by atoms with Gasteiger partial charge in [0, 0.05) is 4.88 Å². The Hall–Kier alpha value is -1.24. The number of aliphatic hydroxyl groups is 2. The number of nitrogens with one attached hydrogen (secondary N) is 1. The molecule has 0 radical (unpaired) electrons. The van der Waals surface area contributed by atoms with Crippen LogP contribution >= 0.6 is 11.3 Å². The molecule has 92 valence electrons. The van der Waals surface area contributed by atoms with E-state index in [1.54, 1.807) is 11.3 Å². The number of aliphatic hydroxyl groups excluding tert-OH is 2. The predicted molar refractivity (Wildman–Crippen MR) is 68.5 cm³/mol. The second kappa shape index (κ2) is 4.95. The number of nitrogens with zero attached hydrogens (tertiary/aromatic N) is 2. The summed E-state index contributed by atoms with van der Waals surface area (Å²) in [6.45, 7) is 3.80. The van der Waals surface area contributed by atoms with Crippen molar-refractivity contribution in [3.63, 3.8) is 0 Å². The smallest absolute Gasteiger partial charge is 0.138 e. The van der Waals surface area contributed by atoms with Gasteiger partial charge in [-0.05, 0) is 19.4 Å². The van der Waals surface area contributed by atoms with Crippen molar-refractivity contribution in [2.24, 2.45) is 0 Å². The number of rotatable bonds is 4. The van der Waals surface area contributed by atoms with Crippen LogP contribution in [0.5, 0.6) is 0 Å². The Morgan fingerprint density at radius 3 is 2.65 bits per heavy atom. The lowest BCUT2D eigenvalue weighted by atomic mass is 10.2. The van der Waals surface area contributed by atoms with Gasteiger partial charge in [0.05, 0.1) is 24.6 Å². The largest absolute Gasteiger partial charge is 0.394 e. The summed E-state index contributed by atoms with van der Waals surface area (Å²) >= 11 is 1.62. The highest BCUT2D eigenvalue weighted by Crippen LogP contribution is 2.32. The first-order valence-corrected chi connectivity index (χ1v) is 6.18. The minimum absolute atomic E-state index is 0.135. The van der Waals surface area contributed by atoms with Crippen LogP contribution in [0.15, 0.2) is 6.33 Å². The molecule has 17 heavy (non-hydrogen) atoms. The molecule has 2 heterocycles. The van der Waals surface area contributed by atoms with Crippen molar-refractivity contribution in [2.45, 2.75) is 19.9 Å². The molecule has 0 fully saturated rings. The Kier molecular flexibility index (Phi) is 3.56. The fourth-order valence-electron chi connectivity index (χ4n) is 1.63. The number of thiophene rings is 1. The van der Waals surface area contributed by atoms with Gasteiger partial charge in [-0.15, -0.1) is 11.3 Å². The monoisotopic (exact) mass is 253 g/mol. The summed E-state index contributed by atoms with van der Waals surface area (Å²) in [5.41, 5.74) is 1.14. The molecule has 2 rings (SSSR count). The van der Waals surface area contributed by atoms with Crippen molar-refractivity contribution in [3.8, 4) is 0 Å². The third-order valence-corrected chi connectivity index (χ3v) is 3.86. The lowest BCUT2D eigenvalue weighted by molar-refractivity contribution is 0.203. The SMILES string of the molecule is Cc1sc2ncnc(NC(CO)CO)c2c1C. The number of aromatic nitrogens is 2. The molecule has 2 aromatic heterocycles. The van der Waals surface area contributed by atoms with E-state index in [4.69, 9.17) is 10.2 Å². The van der Waals surface area contributed by atoms with Crippen LogP contribution in [0.4, 0.5) is 5.82 Å². The summed E-state index contributed by atoms with van der Waals surface area (Å²) in [5.74, 6) is 0.671. The van der Waals surface area contributed by atoms with E-state index in [0.717, 1.165) is 15.8 Å². The topological polar surface area (TPSA) is 78.3 Å². The Balaban J connectivity index is 2.46. The van der Waals surface area contributed by atoms with Gasteiger partial charge in [0.15, 0.2) is 0 Å². The molecule has 0 atom stereocenters. The molecule has 2 aromatic rings. The molecule has 0 saturated carbocycles. The highest BCUT2D eigenvalue weighted by Gasteiger charge is 2.14. The molecule has 0 aliphatic heterocycles. The fraction of sp³-hybridized carbons (Fsp3) is 0.455. The number of hydrogen-bond donors (Lipinski definition) is 3. The van der Waals surface area contributed by atoms with Gasteiger partial charge < -0.3 is 15.5 Å². The van der Waals surface area contributed by atoms with Crippen molar-refractivity contribution >= 4 is 27.4 Å². The maximum Gasteiger partial charge on any atom is 0.138 e. The second-order valence-electron chi connectivity index (χ2n) is 3.89. The van der Waals surface area contributed by atoms with E-state index in [9.17, 15) is 0 Å². The van der Waals surface area contributed by atoms with Gasteiger partial charge in [0.2, 0.25) is 0 Å². The zero-order valence-corrected chi connectivity index (χ0v) is 10.6. The fourth-order valence-corrected chi connectivity index (χ4v) is 2.63. The lowest BCUT2D eigenvalue weighted by Gasteiger charge is -2.14. The van der Waals surface area contributed by atoms with E-state index in [1.165, 1.54) is 11.2 Å².